The van der Waals surface area contributed by atoms with Gasteiger partial charge in [0.1, 0.15) is 5.56 Å². The van der Waals surface area contributed by atoms with Crippen molar-refractivity contribution in [2.75, 3.05) is 0 Å². The summed E-state index contributed by atoms with van der Waals surface area (Å²) in [5.74, 6) is -17.1. The Hall–Kier alpha value is -2.53. The fraction of sp³-hybridized carbons (Fsp3) is 0.308. The zero-order valence-corrected chi connectivity index (χ0v) is 25.0. The SMILES string of the molecule is CC(OB([O-])[O-])(c1c(F)c(F)c(C(F)(F)F)c(F)c1F)C(c1cc(C(F)(F)F)cc(C(F)(F)F)c1)c1cc(C(F)(F)F)cc(C(F)(F)F)c1.[Li+].[Li+]. The van der Waals surface area contributed by atoms with Gasteiger partial charge < -0.3 is 14.7 Å². The molecule has 0 bridgehead atoms. The Morgan fingerprint density at radius 2 is 0.725 bits per heavy atom. The molecule has 0 fully saturated rings. The van der Waals surface area contributed by atoms with Gasteiger partial charge in [-0.25, -0.2) is 17.6 Å². The van der Waals surface area contributed by atoms with Gasteiger partial charge in [-0.3, -0.25) is 0 Å². The van der Waals surface area contributed by atoms with Crippen LogP contribution in [-0.2, 0) is 41.1 Å². The second-order valence-electron chi connectivity index (χ2n) is 10.1. The van der Waals surface area contributed by atoms with E-state index in [0.29, 0.717) is 0 Å². The van der Waals surface area contributed by atoms with E-state index in [1.807, 2.05) is 0 Å². The van der Waals surface area contributed by atoms with Gasteiger partial charge in [0.2, 0.25) is 0 Å². The van der Waals surface area contributed by atoms with Gasteiger partial charge in [0.25, 0.3) is 0 Å². The quantitative estimate of drug-likeness (QED) is 0.220. The van der Waals surface area contributed by atoms with Crippen molar-refractivity contribution >= 4 is 7.32 Å². The maximum Gasteiger partial charge on any atom is 1.00 e. The van der Waals surface area contributed by atoms with Crippen molar-refractivity contribution in [3.8, 4) is 0 Å². The molecule has 0 spiro atoms. The maximum atomic E-state index is 15.4. The Labute approximate surface area is 296 Å². The minimum Gasteiger partial charge on any atom is -0.871 e. The third-order valence-corrected chi connectivity index (χ3v) is 6.82. The third-order valence-electron chi connectivity index (χ3n) is 6.82. The van der Waals surface area contributed by atoms with Crippen molar-refractivity contribution in [2.24, 2.45) is 0 Å². The van der Waals surface area contributed by atoms with E-state index >= 15 is 8.78 Å². The van der Waals surface area contributed by atoms with E-state index in [9.17, 15) is 84.7 Å². The number of rotatable bonds is 6. The van der Waals surface area contributed by atoms with Gasteiger partial charge in [-0.2, -0.15) is 65.9 Å². The van der Waals surface area contributed by atoms with E-state index in [1.165, 1.54) is 0 Å². The van der Waals surface area contributed by atoms with Crippen LogP contribution < -0.4 is 47.8 Å². The third kappa shape index (κ3) is 9.72. The second kappa shape index (κ2) is 15.1. The predicted molar refractivity (Wildman–Crippen MR) is 120 cm³/mol. The van der Waals surface area contributed by atoms with Gasteiger partial charge in [-0.1, -0.05) is 0 Å². The van der Waals surface area contributed by atoms with Crippen LogP contribution in [0, 0.1) is 23.3 Å². The first kappa shape index (κ1) is 46.5. The van der Waals surface area contributed by atoms with E-state index in [-0.39, 0.29) is 44.6 Å². The summed E-state index contributed by atoms with van der Waals surface area (Å²) in [5.41, 5.74) is -24.1. The molecule has 1 unspecified atom stereocenters. The average molecular weight is 756 g/mol. The Kier molecular flexibility index (Phi) is 13.7. The summed E-state index contributed by atoms with van der Waals surface area (Å²) in [4.78, 5) is 0. The van der Waals surface area contributed by atoms with Crippen LogP contribution in [0.2, 0.25) is 0 Å². The smallest absolute Gasteiger partial charge is 0.871 e. The molecule has 0 amide bonds. The topological polar surface area (TPSA) is 55.3 Å². The summed E-state index contributed by atoms with van der Waals surface area (Å²) in [6.07, 6.45) is -29.8. The van der Waals surface area contributed by atoms with Crippen molar-refractivity contribution in [1.82, 2.24) is 0 Å². The molecule has 0 heterocycles. The average Bonchev–Trinajstić information content (AvgIpc) is 2.88. The van der Waals surface area contributed by atoms with Gasteiger partial charge >= 0.3 is 68.6 Å². The molecule has 0 saturated carbocycles. The van der Waals surface area contributed by atoms with Crippen LogP contribution in [0.1, 0.15) is 57.3 Å². The number of halogens is 19. The molecule has 0 aromatic heterocycles. The molecule has 1 atom stereocenters. The number of alkyl halides is 15. The van der Waals surface area contributed by atoms with Crippen molar-refractivity contribution in [3.63, 3.8) is 0 Å². The van der Waals surface area contributed by atoms with Crippen LogP contribution in [0.15, 0.2) is 36.4 Å². The Morgan fingerprint density at radius 3 is 0.941 bits per heavy atom. The molecule has 25 heteroatoms. The van der Waals surface area contributed by atoms with Gasteiger partial charge in [0.05, 0.1) is 40.7 Å². The molecule has 3 rings (SSSR count). The summed E-state index contributed by atoms with van der Waals surface area (Å²) in [7, 11) is -4.17. The summed E-state index contributed by atoms with van der Waals surface area (Å²) < 4.78 is 269. The van der Waals surface area contributed by atoms with Crippen molar-refractivity contribution in [2.45, 2.75) is 49.3 Å². The number of hydrogen-bond donors (Lipinski definition) is 0. The molecule has 0 radical (unpaired) electrons. The predicted octanol–water partition coefficient (Wildman–Crippen LogP) is 2.11. The molecule has 0 aliphatic carbocycles. The minimum atomic E-state index is -6.31. The van der Waals surface area contributed by atoms with Crippen molar-refractivity contribution in [3.05, 3.63) is 104 Å². The normalized spacial score (nSPS) is 14.2. The first-order valence-electron chi connectivity index (χ1n) is 12.3. The zero-order valence-electron chi connectivity index (χ0n) is 25.0. The first-order valence-corrected chi connectivity index (χ1v) is 12.3. The van der Waals surface area contributed by atoms with E-state index < -0.39 is 154 Å². The van der Waals surface area contributed by atoms with E-state index in [4.69, 9.17) is 0 Å². The number of benzene rings is 3. The molecule has 0 saturated heterocycles. The van der Waals surface area contributed by atoms with Crippen LogP contribution in [0.25, 0.3) is 0 Å². The summed E-state index contributed by atoms with van der Waals surface area (Å²) in [6, 6.07) is -3.32. The largest absolute Gasteiger partial charge is 1.00 e. The van der Waals surface area contributed by atoms with Gasteiger partial charge in [0, 0.05) is 5.92 Å². The van der Waals surface area contributed by atoms with Crippen LogP contribution in [0.5, 0.6) is 0 Å². The molecular formula is C26H10BF19Li2O3. The molecule has 3 aromatic carbocycles. The monoisotopic (exact) mass is 756 g/mol. The molecule has 0 aliphatic heterocycles. The number of hydrogen-bond acceptors (Lipinski definition) is 3. The standard InChI is InChI=1S/C26H10BF19O3.2Li/c1-21(49-27(47)48,15-17(28)19(30)16(26(44,45)46)20(31)18(15)29)14(8-2-10(22(32,33)34)6-11(3-8)23(35,36)37)9-4-12(24(38,39)40)7-13(5-9)25(41,42)43;;/h2-7,14H,1H3;;/q-2;2*+1. The molecule has 0 aliphatic rings. The maximum absolute atomic E-state index is 15.4. The van der Waals surface area contributed by atoms with Gasteiger partial charge in [0.15, 0.2) is 23.3 Å². The molecule has 3 nitrogen and oxygen atoms in total. The van der Waals surface area contributed by atoms with Crippen LogP contribution in [0.3, 0.4) is 0 Å². The fourth-order valence-electron chi connectivity index (χ4n) is 4.91. The van der Waals surface area contributed by atoms with Crippen LogP contribution >= 0.6 is 0 Å². The van der Waals surface area contributed by atoms with Crippen LogP contribution in [-0.4, -0.2) is 7.32 Å². The fourth-order valence-corrected chi connectivity index (χ4v) is 4.91. The van der Waals surface area contributed by atoms with Gasteiger partial charge in [-0.05, 0) is 54.4 Å². The molecule has 51 heavy (non-hydrogen) atoms. The summed E-state index contributed by atoms with van der Waals surface area (Å²) >= 11 is 0. The van der Waals surface area contributed by atoms with Crippen molar-refractivity contribution in [1.29, 1.82) is 0 Å². The Balaban J connectivity index is 0.00000650. The summed E-state index contributed by atoms with van der Waals surface area (Å²) in [5, 5.41) is 23.4. The van der Waals surface area contributed by atoms with E-state index in [2.05, 4.69) is 4.65 Å². The van der Waals surface area contributed by atoms with Gasteiger partial charge in [-0.15, -0.1) is 0 Å². The van der Waals surface area contributed by atoms with E-state index in [1.54, 1.807) is 0 Å². The zero-order chi connectivity index (χ0) is 38.0. The van der Waals surface area contributed by atoms with Crippen LogP contribution in [0.4, 0.5) is 83.4 Å². The molecular weight excluding hydrogens is 746 g/mol. The Morgan fingerprint density at radius 1 is 0.471 bits per heavy atom. The van der Waals surface area contributed by atoms with E-state index in [0.717, 1.165) is 0 Å². The molecule has 0 N–H and O–H groups in total. The van der Waals surface area contributed by atoms with Crippen molar-refractivity contribution < 1.29 is 136 Å². The first-order chi connectivity index (χ1) is 21.8. The minimum absolute atomic E-state index is 0. The second-order valence-corrected chi connectivity index (χ2v) is 10.1. The molecule has 3 aromatic rings. The Bertz CT molecular complexity index is 1560. The summed E-state index contributed by atoms with van der Waals surface area (Å²) in [6.45, 7) is -0.213. The molecule has 270 valence electrons.